The van der Waals surface area contributed by atoms with E-state index in [1.807, 2.05) is 24.3 Å². The lowest BCUT2D eigenvalue weighted by atomic mass is 10.2. The predicted octanol–water partition coefficient (Wildman–Crippen LogP) is 2.29. The number of benzene rings is 1. The SMILES string of the molecule is CC(CCC(=O)O)NC(=O)CSc1nc2ccccc2o1. The van der Waals surface area contributed by atoms with E-state index in [1.54, 1.807) is 6.92 Å². The van der Waals surface area contributed by atoms with E-state index in [4.69, 9.17) is 9.52 Å². The molecule has 7 heteroatoms. The van der Waals surface area contributed by atoms with Crippen molar-refractivity contribution in [2.45, 2.75) is 31.0 Å². The molecule has 1 unspecified atom stereocenters. The number of nitrogens with zero attached hydrogens (tertiary/aromatic N) is 1. The summed E-state index contributed by atoms with van der Waals surface area (Å²) in [5.74, 6) is -0.846. The van der Waals surface area contributed by atoms with Crippen molar-refractivity contribution in [2.24, 2.45) is 0 Å². The van der Waals surface area contributed by atoms with Crippen molar-refractivity contribution in [2.75, 3.05) is 5.75 Å². The fraction of sp³-hybridized carbons (Fsp3) is 0.357. The highest BCUT2D eigenvalue weighted by molar-refractivity contribution is 7.99. The lowest BCUT2D eigenvalue weighted by Gasteiger charge is -2.11. The Labute approximate surface area is 125 Å². The molecule has 0 aliphatic carbocycles. The quantitative estimate of drug-likeness (QED) is 0.762. The fourth-order valence-electron chi connectivity index (χ4n) is 1.77. The first kappa shape index (κ1) is 15.4. The number of carboxylic acid groups (broad SMARTS) is 1. The maximum Gasteiger partial charge on any atom is 0.303 e. The smallest absolute Gasteiger partial charge is 0.303 e. The van der Waals surface area contributed by atoms with Crippen LogP contribution in [0.3, 0.4) is 0 Å². The Bertz CT molecular complexity index is 608. The third-order valence-corrected chi connectivity index (χ3v) is 3.63. The molecule has 0 saturated carbocycles. The van der Waals surface area contributed by atoms with Crippen molar-refractivity contribution in [3.63, 3.8) is 0 Å². The number of hydrogen-bond acceptors (Lipinski definition) is 5. The number of carbonyl (C=O) groups is 2. The van der Waals surface area contributed by atoms with Crippen LogP contribution in [0, 0.1) is 0 Å². The Morgan fingerprint density at radius 3 is 2.90 bits per heavy atom. The highest BCUT2D eigenvalue weighted by atomic mass is 32.2. The van der Waals surface area contributed by atoms with Gasteiger partial charge in [-0.25, -0.2) is 4.98 Å². The molecule has 1 atom stereocenters. The maximum atomic E-state index is 11.7. The van der Waals surface area contributed by atoms with Crippen molar-refractivity contribution in [3.05, 3.63) is 24.3 Å². The molecule has 2 N–H and O–H groups in total. The first-order chi connectivity index (χ1) is 10.0. The average Bonchev–Trinajstić information content (AvgIpc) is 2.86. The Morgan fingerprint density at radius 1 is 1.43 bits per heavy atom. The van der Waals surface area contributed by atoms with E-state index in [-0.39, 0.29) is 24.1 Å². The normalized spacial score (nSPS) is 12.2. The monoisotopic (exact) mass is 308 g/mol. The summed E-state index contributed by atoms with van der Waals surface area (Å²) >= 11 is 1.21. The zero-order valence-corrected chi connectivity index (χ0v) is 12.4. The van der Waals surface area contributed by atoms with Crippen LogP contribution >= 0.6 is 11.8 Å². The molecule has 0 bridgehead atoms. The maximum absolute atomic E-state index is 11.7. The lowest BCUT2D eigenvalue weighted by Crippen LogP contribution is -2.34. The first-order valence-electron chi connectivity index (χ1n) is 6.54. The Morgan fingerprint density at radius 2 is 2.19 bits per heavy atom. The van der Waals surface area contributed by atoms with E-state index < -0.39 is 5.97 Å². The van der Waals surface area contributed by atoms with Gasteiger partial charge in [-0.15, -0.1) is 0 Å². The third kappa shape index (κ3) is 4.78. The molecule has 2 rings (SSSR count). The van der Waals surface area contributed by atoms with Crippen LogP contribution in [0.1, 0.15) is 19.8 Å². The number of oxazole rings is 1. The number of para-hydroxylation sites is 2. The van der Waals surface area contributed by atoms with E-state index in [0.717, 1.165) is 5.52 Å². The Balaban J connectivity index is 1.79. The van der Waals surface area contributed by atoms with E-state index >= 15 is 0 Å². The van der Waals surface area contributed by atoms with Crippen molar-refractivity contribution in [1.82, 2.24) is 10.3 Å². The first-order valence-corrected chi connectivity index (χ1v) is 7.52. The van der Waals surface area contributed by atoms with Crippen molar-refractivity contribution < 1.29 is 19.1 Å². The molecule has 1 heterocycles. The number of hydrogen-bond donors (Lipinski definition) is 2. The average molecular weight is 308 g/mol. The molecule has 6 nitrogen and oxygen atoms in total. The summed E-state index contributed by atoms with van der Waals surface area (Å²) in [5, 5.41) is 11.8. The van der Waals surface area contributed by atoms with Crippen LogP contribution in [-0.2, 0) is 9.59 Å². The number of rotatable bonds is 7. The molecule has 0 saturated heterocycles. The highest BCUT2D eigenvalue weighted by Gasteiger charge is 2.12. The number of nitrogens with one attached hydrogen (secondary N) is 1. The molecule has 0 spiro atoms. The van der Waals surface area contributed by atoms with Crippen molar-refractivity contribution in [3.8, 4) is 0 Å². The van der Waals surface area contributed by atoms with E-state index in [0.29, 0.717) is 17.2 Å². The predicted molar refractivity (Wildman–Crippen MR) is 79.2 cm³/mol. The molecule has 0 radical (unpaired) electrons. The standard InChI is InChI=1S/C14H16N2O4S/c1-9(6-7-13(18)19)15-12(17)8-21-14-16-10-4-2-3-5-11(10)20-14/h2-5,9H,6-8H2,1H3,(H,15,17)(H,18,19). The van der Waals surface area contributed by atoms with Gasteiger partial charge in [-0.3, -0.25) is 9.59 Å². The summed E-state index contributed by atoms with van der Waals surface area (Å²) in [6.07, 6.45) is 0.453. The molecular formula is C14H16N2O4S. The summed E-state index contributed by atoms with van der Waals surface area (Å²) in [6, 6.07) is 7.23. The zero-order chi connectivity index (χ0) is 15.2. The van der Waals surface area contributed by atoms with E-state index in [2.05, 4.69) is 10.3 Å². The summed E-state index contributed by atoms with van der Waals surface area (Å²) in [5.41, 5.74) is 1.45. The summed E-state index contributed by atoms with van der Waals surface area (Å²) in [6.45, 7) is 1.78. The van der Waals surface area contributed by atoms with Gasteiger partial charge in [0, 0.05) is 12.5 Å². The van der Waals surface area contributed by atoms with E-state index in [9.17, 15) is 9.59 Å². The number of fused-ring (bicyclic) bond motifs is 1. The molecular weight excluding hydrogens is 292 g/mol. The van der Waals surface area contributed by atoms with Gasteiger partial charge in [-0.1, -0.05) is 23.9 Å². The van der Waals surface area contributed by atoms with Crippen LogP contribution in [-0.4, -0.2) is 33.8 Å². The third-order valence-electron chi connectivity index (χ3n) is 2.80. The molecule has 1 aromatic carbocycles. The number of amides is 1. The van der Waals surface area contributed by atoms with Crippen LogP contribution in [0.5, 0.6) is 0 Å². The van der Waals surface area contributed by atoms with Crippen molar-refractivity contribution in [1.29, 1.82) is 0 Å². The van der Waals surface area contributed by atoms with Gasteiger partial charge in [-0.2, -0.15) is 0 Å². The van der Waals surface area contributed by atoms with Gasteiger partial charge in [0.15, 0.2) is 5.58 Å². The number of thioether (sulfide) groups is 1. The zero-order valence-electron chi connectivity index (χ0n) is 11.5. The van der Waals surface area contributed by atoms with Gasteiger partial charge >= 0.3 is 5.97 Å². The van der Waals surface area contributed by atoms with Crippen LogP contribution in [0.15, 0.2) is 33.9 Å². The van der Waals surface area contributed by atoms with E-state index in [1.165, 1.54) is 11.8 Å². The van der Waals surface area contributed by atoms with Gasteiger partial charge in [0.25, 0.3) is 5.22 Å². The highest BCUT2D eigenvalue weighted by Crippen LogP contribution is 2.22. The molecule has 0 aliphatic heterocycles. The number of carboxylic acids is 1. The fourth-order valence-corrected chi connectivity index (χ4v) is 2.42. The molecule has 0 aliphatic rings. The van der Waals surface area contributed by atoms with Crippen LogP contribution in [0.4, 0.5) is 0 Å². The minimum atomic E-state index is -0.864. The number of aliphatic carboxylic acids is 1. The second-order valence-corrected chi connectivity index (χ2v) is 5.56. The summed E-state index contributed by atoms with van der Waals surface area (Å²) < 4.78 is 5.50. The lowest BCUT2D eigenvalue weighted by molar-refractivity contribution is -0.137. The van der Waals surface area contributed by atoms with Crippen LogP contribution < -0.4 is 5.32 Å². The largest absolute Gasteiger partial charge is 0.481 e. The molecule has 1 aromatic heterocycles. The molecule has 0 fully saturated rings. The van der Waals surface area contributed by atoms with Gasteiger partial charge in [0.1, 0.15) is 5.52 Å². The van der Waals surface area contributed by atoms with Crippen LogP contribution in [0.25, 0.3) is 11.1 Å². The van der Waals surface area contributed by atoms with Gasteiger partial charge in [0.2, 0.25) is 5.91 Å². The second-order valence-electron chi connectivity index (χ2n) is 4.64. The minimum Gasteiger partial charge on any atom is -0.481 e. The van der Waals surface area contributed by atoms with Gasteiger partial charge in [-0.05, 0) is 25.5 Å². The second kappa shape index (κ2) is 7.12. The minimum absolute atomic E-state index is 0.0414. The summed E-state index contributed by atoms with van der Waals surface area (Å²) in [7, 11) is 0. The van der Waals surface area contributed by atoms with Gasteiger partial charge in [0.05, 0.1) is 5.75 Å². The topological polar surface area (TPSA) is 92.4 Å². The summed E-state index contributed by atoms with van der Waals surface area (Å²) in [4.78, 5) is 26.4. The Hall–Kier alpha value is -2.02. The molecule has 21 heavy (non-hydrogen) atoms. The van der Waals surface area contributed by atoms with Crippen molar-refractivity contribution >= 4 is 34.7 Å². The number of carbonyl (C=O) groups excluding carboxylic acids is 1. The molecule has 1 amide bonds. The van der Waals surface area contributed by atoms with Gasteiger partial charge < -0.3 is 14.8 Å². The van der Waals surface area contributed by atoms with Crippen LogP contribution in [0.2, 0.25) is 0 Å². The molecule has 2 aromatic rings. The Kier molecular flexibility index (Phi) is 5.21. The molecule has 112 valence electrons. The number of aromatic nitrogens is 1.